The molecule has 1 N–H and O–H groups in total. The monoisotopic (exact) mass is 181 g/mol. The van der Waals surface area contributed by atoms with Crippen LogP contribution in [0.4, 0.5) is 0 Å². The summed E-state index contributed by atoms with van der Waals surface area (Å²) in [5.74, 6) is 0.955. The van der Waals surface area contributed by atoms with Gasteiger partial charge in [-0.15, -0.1) is 0 Å². The highest BCUT2D eigenvalue weighted by Gasteiger charge is 2.43. The molecule has 0 radical (unpaired) electrons. The van der Waals surface area contributed by atoms with Gasteiger partial charge < -0.3 is 5.32 Å². The topological polar surface area (TPSA) is 12.0 Å². The molecule has 0 saturated heterocycles. The van der Waals surface area contributed by atoms with Crippen LogP contribution in [0, 0.1) is 11.3 Å². The predicted molar refractivity (Wildman–Crippen MR) is 56.7 cm³/mol. The van der Waals surface area contributed by atoms with Gasteiger partial charge in [0.1, 0.15) is 0 Å². The molecule has 76 valence electrons. The van der Waals surface area contributed by atoms with Crippen molar-refractivity contribution in [3.63, 3.8) is 0 Å². The standard InChI is InChI=1S/C12H23N/c1-9-4-5-11(8-9)13-10(2)12(3)6-7-12/h9-11,13H,4-8H2,1-3H3. The minimum Gasteiger partial charge on any atom is -0.311 e. The molecule has 2 rings (SSSR count). The van der Waals surface area contributed by atoms with Gasteiger partial charge in [-0.25, -0.2) is 0 Å². The molecule has 2 aliphatic rings. The third-order valence-electron chi connectivity index (χ3n) is 4.26. The average molecular weight is 181 g/mol. The number of nitrogens with one attached hydrogen (secondary N) is 1. The molecule has 0 aromatic heterocycles. The molecule has 2 fully saturated rings. The van der Waals surface area contributed by atoms with Gasteiger partial charge in [-0.2, -0.15) is 0 Å². The molecule has 0 spiro atoms. The zero-order chi connectivity index (χ0) is 9.47. The Balaban J connectivity index is 1.78. The van der Waals surface area contributed by atoms with Crippen molar-refractivity contribution in [2.24, 2.45) is 11.3 Å². The fourth-order valence-electron chi connectivity index (χ4n) is 2.54. The van der Waals surface area contributed by atoms with E-state index in [9.17, 15) is 0 Å². The largest absolute Gasteiger partial charge is 0.311 e. The van der Waals surface area contributed by atoms with E-state index in [0.717, 1.165) is 18.0 Å². The van der Waals surface area contributed by atoms with Crippen LogP contribution in [0.15, 0.2) is 0 Å². The Hall–Kier alpha value is -0.0400. The van der Waals surface area contributed by atoms with Gasteiger partial charge in [0.2, 0.25) is 0 Å². The molecule has 2 saturated carbocycles. The summed E-state index contributed by atoms with van der Waals surface area (Å²) in [5, 5.41) is 3.81. The van der Waals surface area contributed by atoms with E-state index in [1.165, 1.54) is 32.1 Å². The SMILES string of the molecule is CC1CCC(NC(C)C2(C)CC2)C1. The Morgan fingerprint density at radius 1 is 1.31 bits per heavy atom. The first-order valence-electron chi connectivity index (χ1n) is 5.86. The molecule has 0 aliphatic heterocycles. The third-order valence-corrected chi connectivity index (χ3v) is 4.26. The average Bonchev–Trinajstić information content (AvgIpc) is 2.69. The van der Waals surface area contributed by atoms with E-state index in [1.54, 1.807) is 0 Å². The molecule has 13 heavy (non-hydrogen) atoms. The normalized spacial score (nSPS) is 39.0. The van der Waals surface area contributed by atoms with Crippen molar-refractivity contribution in [1.82, 2.24) is 5.32 Å². The van der Waals surface area contributed by atoms with Gasteiger partial charge in [-0.3, -0.25) is 0 Å². The zero-order valence-electron chi connectivity index (χ0n) is 9.27. The lowest BCUT2D eigenvalue weighted by molar-refractivity contribution is 0.336. The van der Waals surface area contributed by atoms with Crippen molar-refractivity contribution in [3.05, 3.63) is 0 Å². The Morgan fingerprint density at radius 2 is 2.00 bits per heavy atom. The lowest BCUT2D eigenvalue weighted by Crippen LogP contribution is -2.39. The maximum atomic E-state index is 3.81. The van der Waals surface area contributed by atoms with Crippen LogP contribution >= 0.6 is 0 Å². The van der Waals surface area contributed by atoms with E-state index >= 15 is 0 Å². The van der Waals surface area contributed by atoms with Crippen molar-refractivity contribution in [2.45, 2.75) is 65.0 Å². The second kappa shape index (κ2) is 3.27. The minimum atomic E-state index is 0.645. The lowest BCUT2D eigenvalue weighted by Gasteiger charge is -2.24. The maximum absolute atomic E-state index is 3.81. The highest BCUT2D eigenvalue weighted by atomic mass is 15.0. The fraction of sp³-hybridized carbons (Fsp3) is 1.00. The molecule has 0 aromatic rings. The van der Waals surface area contributed by atoms with Crippen LogP contribution in [0.5, 0.6) is 0 Å². The van der Waals surface area contributed by atoms with E-state index in [2.05, 4.69) is 26.1 Å². The summed E-state index contributed by atoms with van der Waals surface area (Å²) in [5.41, 5.74) is 0.645. The van der Waals surface area contributed by atoms with Crippen molar-refractivity contribution in [3.8, 4) is 0 Å². The third kappa shape index (κ3) is 2.07. The van der Waals surface area contributed by atoms with Gasteiger partial charge in [0.15, 0.2) is 0 Å². The predicted octanol–water partition coefficient (Wildman–Crippen LogP) is 2.95. The molecule has 3 unspecified atom stereocenters. The fourth-order valence-corrected chi connectivity index (χ4v) is 2.54. The highest BCUT2D eigenvalue weighted by molar-refractivity contribution is 4.98. The summed E-state index contributed by atoms with van der Waals surface area (Å²) in [4.78, 5) is 0. The summed E-state index contributed by atoms with van der Waals surface area (Å²) in [7, 11) is 0. The van der Waals surface area contributed by atoms with E-state index in [-0.39, 0.29) is 0 Å². The van der Waals surface area contributed by atoms with Crippen LogP contribution in [0.25, 0.3) is 0 Å². The van der Waals surface area contributed by atoms with E-state index in [1.807, 2.05) is 0 Å². The first-order chi connectivity index (χ1) is 6.10. The second-order valence-corrected chi connectivity index (χ2v) is 5.66. The van der Waals surface area contributed by atoms with Gasteiger partial charge in [0.25, 0.3) is 0 Å². The summed E-state index contributed by atoms with van der Waals surface area (Å²) in [6, 6.07) is 1.56. The van der Waals surface area contributed by atoms with Crippen LogP contribution < -0.4 is 5.32 Å². The minimum absolute atomic E-state index is 0.645. The second-order valence-electron chi connectivity index (χ2n) is 5.66. The van der Waals surface area contributed by atoms with E-state index < -0.39 is 0 Å². The highest BCUT2D eigenvalue weighted by Crippen LogP contribution is 2.48. The molecular formula is C12H23N. The Kier molecular flexibility index (Phi) is 2.39. The van der Waals surface area contributed by atoms with Gasteiger partial charge in [-0.1, -0.05) is 13.8 Å². The van der Waals surface area contributed by atoms with Crippen molar-refractivity contribution < 1.29 is 0 Å². The number of hydrogen-bond acceptors (Lipinski definition) is 1. The van der Waals surface area contributed by atoms with Crippen molar-refractivity contribution in [1.29, 1.82) is 0 Å². The smallest absolute Gasteiger partial charge is 0.00951 e. The lowest BCUT2D eigenvalue weighted by atomic mass is 9.99. The Morgan fingerprint density at radius 3 is 2.46 bits per heavy atom. The molecule has 0 amide bonds. The van der Waals surface area contributed by atoms with Crippen molar-refractivity contribution in [2.75, 3.05) is 0 Å². The summed E-state index contributed by atoms with van der Waals surface area (Å²) in [6.07, 6.45) is 7.11. The molecule has 3 atom stereocenters. The van der Waals surface area contributed by atoms with Crippen LogP contribution in [-0.2, 0) is 0 Å². The summed E-state index contributed by atoms with van der Waals surface area (Å²) < 4.78 is 0. The van der Waals surface area contributed by atoms with Gasteiger partial charge in [0.05, 0.1) is 0 Å². The van der Waals surface area contributed by atoms with Crippen LogP contribution in [-0.4, -0.2) is 12.1 Å². The molecule has 1 nitrogen and oxygen atoms in total. The molecule has 0 aromatic carbocycles. The van der Waals surface area contributed by atoms with Crippen LogP contribution in [0.1, 0.15) is 52.9 Å². The van der Waals surface area contributed by atoms with E-state index in [4.69, 9.17) is 0 Å². The van der Waals surface area contributed by atoms with Gasteiger partial charge in [0, 0.05) is 12.1 Å². The molecular weight excluding hydrogens is 158 g/mol. The quantitative estimate of drug-likeness (QED) is 0.706. The molecule has 1 heteroatoms. The van der Waals surface area contributed by atoms with Crippen LogP contribution in [0.3, 0.4) is 0 Å². The molecule has 0 heterocycles. The molecule has 0 bridgehead atoms. The van der Waals surface area contributed by atoms with Crippen molar-refractivity contribution >= 4 is 0 Å². The first-order valence-corrected chi connectivity index (χ1v) is 5.86. The zero-order valence-corrected chi connectivity index (χ0v) is 9.27. The number of rotatable bonds is 3. The van der Waals surface area contributed by atoms with Gasteiger partial charge >= 0.3 is 0 Å². The maximum Gasteiger partial charge on any atom is 0.00951 e. The molecule has 2 aliphatic carbocycles. The van der Waals surface area contributed by atoms with E-state index in [0.29, 0.717) is 5.41 Å². The van der Waals surface area contributed by atoms with Crippen LogP contribution in [0.2, 0.25) is 0 Å². The first kappa shape index (κ1) is 9.51. The Labute approximate surface area is 82.3 Å². The summed E-state index contributed by atoms with van der Waals surface area (Å²) in [6.45, 7) is 7.17. The Bertz CT molecular complexity index is 184. The summed E-state index contributed by atoms with van der Waals surface area (Å²) >= 11 is 0. The van der Waals surface area contributed by atoms with Gasteiger partial charge in [-0.05, 0) is 50.4 Å². The number of hydrogen-bond donors (Lipinski definition) is 1.